The van der Waals surface area contributed by atoms with Crippen molar-refractivity contribution >= 4 is 70.2 Å². The number of benzene rings is 4. The molecule has 12 nitrogen and oxygen atoms in total. The van der Waals surface area contributed by atoms with Gasteiger partial charge in [0.25, 0.3) is 0 Å². The second kappa shape index (κ2) is 16.0. The molecule has 0 saturated carbocycles. The van der Waals surface area contributed by atoms with Gasteiger partial charge in [-0.2, -0.15) is 0 Å². The molecule has 0 radical (unpaired) electrons. The first kappa shape index (κ1) is 39.9. The average Bonchev–Trinajstić information content (AvgIpc) is 4.10. The Bertz CT molecular complexity index is 2770. The third-order valence-electron chi connectivity index (χ3n) is 10.2. The number of rotatable bonds is 8. The Morgan fingerprint density at radius 1 is 0.344 bits per heavy atom. The molecule has 0 fully saturated rings. The van der Waals surface area contributed by atoms with E-state index in [0.717, 1.165) is 0 Å². The third-order valence-corrected chi connectivity index (χ3v) is 10.2. The topological polar surface area (TPSA) is 214 Å². The Morgan fingerprint density at radius 2 is 0.541 bits per heavy atom. The van der Waals surface area contributed by atoms with E-state index in [9.17, 15) is 39.6 Å². The molecule has 61 heavy (non-hydrogen) atoms. The predicted octanol–water partition coefficient (Wildman–Crippen LogP) is 4.15. The molecule has 3 aromatic heterocycles. The van der Waals surface area contributed by atoms with Crippen LogP contribution in [0.15, 0.2) is 121 Å². The fraction of sp³-hybridized carbons (Fsp3) is 0. The summed E-state index contributed by atoms with van der Waals surface area (Å²) in [5, 5.41) is 46.8. The summed E-state index contributed by atoms with van der Waals surface area (Å²) in [4.78, 5) is 67.2. The van der Waals surface area contributed by atoms with Gasteiger partial charge in [0, 0.05) is 0 Å². The monoisotopic (exact) mass is 980 g/mol. The molecule has 4 aromatic carbocycles. The summed E-state index contributed by atoms with van der Waals surface area (Å²) in [6, 6.07) is 31.8. The fourth-order valence-corrected chi connectivity index (χ4v) is 7.36. The molecule has 8 bridgehead atoms. The number of fused-ring (bicyclic) bond motifs is 8. The van der Waals surface area contributed by atoms with Crippen LogP contribution in [0.1, 0.15) is 65.6 Å². The minimum Gasteiger partial charge on any atom is -0.657 e. The van der Waals surface area contributed by atoms with Crippen LogP contribution in [0.3, 0.4) is 0 Å². The molecule has 298 valence electrons. The molecule has 0 saturated heterocycles. The summed E-state index contributed by atoms with van der Waals surface area (Å²) in [6.07, 6.45) is 7.20. The van der Waals surface area contributed by atoms with E-state index in [4.69, 9.17) is 19.9 Å². The van der Waals surface area contributed by atoms with Crippen molar-refractivity contribution in [2.24, 2.45) is 0 Å². The van der Waals surface area contributed by atoms with Crippen molar-refractivity contribution in [3.05, 3.63) is 166 Å². The fourth-order valence-electron chi connectivity index (χ4n) is 7.36. The van der Waals surface area contributed by atoms with Gasteiger partial charge in [0.05, 0.1) is 46.7 Å². The molecule has 0 amide bonds. The number of hydrogen-bond donors (Lipinski definition) is 0. The van der Waals surface area contributed by atoms with E-state index in [2.05, 4.69) is 0 Å². The Hall–Kier alpha value is -7.95. The van der Waals surface area contributed by atoms with Crippen molar-refractivity contribution in [1.29, 1.82) is 0 Å². The van der Waals surface area contributed by atoms with Crippen LogP contribution in [0.25, 0.3) is 90.9 Å². The number of aromatic nitrogens is 4. The molecular weight excluding hydrogens is 956 g/mol. The SMILES string of the molecule is O=C([O-])c1ccc(-c2c3nc(c(-c4ccc(C(=O)[O-])cc4)c4ccc([n-]4)c(-c4ccc(C(=O)[O-])cc4)c4nc(c(-c5ccc(C(=O)[O-])cc5)c5ccc2[n-]5)C=C4)C=C3)cc1.[H+].[Pt+2]. The zero-order valence-electron chi connectivity index (χ0n) is 32.2. The molecule has 2 aliphatic rings. The Balaban J connectivity index is 0.00000289. The Morgan fingerprint density at radius 3 is 0.721 bits per heavy atom. The number of hydrogen-bond acceptors (Lipinski definition) is 10. The van der Waals surface area contributed by atoms with Gasteiger partial charge in [-0.25, -0.2) is 9.97 Å². The van der Waals surface area contributed by atoms with Crippen molar-refractivity contribution in [2.45, 2.75) is 0 Å². The minimum absolute atomic E-state index is 0. The molecule has 0 N–H and O–H groups in total. The van der Waals surface area contributed by atoms with E-state index in [1.54, 1.807) is 97.1 Å². The number of carboxylic acid groups (broad SMARTS) is 4. The second-order valence-electron chi connectivity index (χ2n) is 13.8. The van der Waals surface area contributed by atoms with Crippen LogP contribution in [0, 0.1) is 0 Å². The van der Waals surface area contributed by atoms with Gasteiger partial charge < -0.3 is 49.6 Å². The Labute approximate surface area is 361 Å². The molecule has 9 rings (SSSR count). The van der Waals surface area contributed by atoms with Crippen LogP contribution in [-0.2, 0) is 21.1 Å². The van der Waals surface area contributed by atoms with Crippen LogP contribution < -0.4 is 30.4 Å². The predicted molar refractivity (Wildman–Crippen MR) is 217 cm³/mol. The molecule has 2 aliphatic heterocycles. The normalized spacial score (nSPS) is 11.5. The molecule has 13 heteroatoms. The maximum atomic E-state index is 11.7. The maximum Gasteiger partial charge on any atom is 2.00 e. The van der Waals surface area contributed by atoms with Gasteiger partial charge in [0.15, 0.2) is 0 Å². The number of nitrogens with zero attached hydrogens (tertiary/aromatic N) is 4. The zero-order chi connectivity index (χ0) is 41.7. The second-order valence-corrected chi connectivity index (χ2v) is 13.8. The number of carbonyl (C=O) groups is 4. The first-order valence-electron chi connectivity index (χ1n) is 18.4. The van der Waals surface area contributed by atoms with Gasteiger partial charge in [-0.15, -0.1) is 22.1 Å². The standard InChI is InChI=1S/C48H30N4O8.Pt/c53-45(54)29-9-1-25(2-10-29)41-33-17-19-35(49-33)42(26-3-11-30(12-4-26)46(55)56)37-21-23-39(51-37)44(28-7-15-32(16-8-28)48(59)60)40-24-22-38(52-40)43(36-20-18-34(41)50-36)27-5-13-31(14-6-27)47(57)58;/h1-24H,(H6,49,50,51,52,53,54,55,56,57,58,59,60);/q;+2/p-5. The van der Waals surface area contributed by atoms with Crippen LogP contribution in [-0.4, -0.2) is 33.8 Å². The van der Waals surface area contributed by atoms with Crippen molar-refractivity contribution < 1.29 is 62.1 Å². The summed E-state index contributed by atoms with van der Waals surface area (Å²) in [6.45, 7) is 0. The van der Waals surface area contributed by atoms with Crippen molar-refractivity contribution in [2.75, 3.05) is 0 Å². The van der Waals surface area contributed by atoms with E-state index < -0.39 is 23.9 Å². The molecule has 0 spiro atoms. The van der Waals surface area contributed by atoms with E-state index in [1.165, 1.54) is 48.5 Å². The molecular formula is C48H25N4O8Pt-3. The third kappa shape index (κ3) is 7.48. The van der Waals surface area contributed by atoms with Crippen LogP contribution in [0.5, 0.6) is 0 Å². The largest absolute Gasteiger partial charge is 2.00 e. The molecule has 0 atom stereocenters. The van der Waals surface area contributed by atoms with E-state index in [1.807, 2.05) is 0 Å². The van der Waals surface area contributed by atoms with Gasteiger partial charge in [-0.1, -0.05) is 121 Å². The van der Waals surface area contributed by atoms with Gasteiger partial charge in [0.1, 0.15) is 0 Å². The van der Waals surface area contributed by atoms with Crippen molar-refractivity contribution in [3.63, 3.8) is 0 Å². The van der Waals surface area contributed by atoms with Crippen molar-refractivity contribution in [1.82, 2.24) is 19.9 Å². The van der Waals surface area contributed by atoms with Gasteiger partial charge >= 0.3 is 22.5 Å². The summed E-state index contributed by atoms with van der Waals surface area (Å²) in [7, 11) is 0. The van der Waals surface area contributed by atoms with Crippen LogP contribution >= 0.6 is 0 Å². The molecule has 0 aliphatic carbocycles. The summed E-state index contributed by atoms with van der Waals surface area (Å²) in [5.41, 5.74) is 8.39. The first-order valence-corrected chi connectivity index (χ1v) is 18.4. The van der Waals surface area contributed by atoms with Gasteiger partial charge in [-0.05, 0) is 91.1 Å². The average molecular weight is 981 g/mol. The first-order chi connectivity index (χ1) is 29.0. The van der Waals surface area contributed by atoms with Crippen LogP contribution in [0.2, 0.25) is 0 Å². The van der Waals surface area contributed by atoms with E-state index in [-0.39, 0.29) is 44.7 Å². The van der Waals surface area contributed by atoms with Crippen molar-refractivity contribution in [3.8, 4) is 44.5 Å². The van der Waals surface area contributed by atoms with Gasteiger partial charge in [-0.3, -0.25) is 0 Å². The number of carboxylic acids is 4. The smallest absolute Gasteiger partial charge is 0.657 e. The zero-order valence-corrected chi connectivity index (χ0v) is 33.5. The molecule has 0 unspecified atom stereocenters. The number of aromatic carboxylic acids is 4. The summed E-state index contributed by atoms with van der Waals surface area (Å²) in [5.74, 6) is -5.34. The maximum absolute atomic E-state index is 11.7. The van der Waals surface area contributed by atoms with E-state index in [0.29, 0.717) is 89.4 Å². The summed E-state index contributed by atoms with van der Waals surface area (Å²) < 4.78 is 0. The minimum atomic E-state index is -1.34. The molecule has 7 aromatic rings. The van der Waals surface area contributed by atoms with Gasteiger partial charge in [0.2, 0.25) is 0 Å². The Kier molecular flexibility index (Phi) is 10.5. The molecule has 5 heterocycles. The van der Waals surface area contributed by atoms with E-state index >= 15 is 0 Å². The summed E-state index contributed by atoms with van der Waals surface area (Å²) >= 11 is 0. The number of carbonyl (C=O) groups excluding carboxylic acids is 4. The quantitative estimate of drug-likeness (QED) is 0.210. The van der Waals surface area contributed by atoms with Crippen LogP contribution in [0.4, 0.5) is 0 Å².